The summed E-state index contributed by atoms with van der Waals surface area (Å²) >= 11 is 0. The molecule has 0 amide bonds. The number of allylic oxidation sites excluding steroid dienone is 1. The molecule has 0 atom stereocenters. The van der Waals surface area contributed by atoms with Crippen molar-refractivity contribution in [3.8, 4) is 0 Å². The summed E-state index contributed by atoms with van der Waals surface area (Å²) in [6.07, 6.45) is 3.40. The van der Waals surface area contributed by atoms with E-state index in [0.29, 0.717) is 17.9 Å². The fraction of sp³-hybridized carbons (Fsp3) is 0.250. The molecule has 88 valence electrons. The van der Waals surface area contributed by atoms with Crippen molar-refractivity contribution >= 4 is 17.2 Å². The van der Waals surface area contributed by atoms with Crippen LogP contribution in [0.3, 0.4) is 0 Å². The maximum absolute atomic E-state index is 11.1. The van der Waals surface area contributed by atoms with Gasteiger partial charge < -0.3 is 5.11 Å². The average Bonchev–Trinajstić information content (AvgIpc) is 2.66. The Kier molecular flexibility index (Phi) is 2.67. The highest BCUT2D eigenvalue weighted by atomic mass is 16.4. The monoisotopic (exact) mass is 232 g/mol. The molecule has 0 fully saturated rings. The summed E-state index contributed by atoms with van der Waals surface area (Å²) in [7, 11) is 0. The Bertz CT molecular complexity index is 613. The molecular weight excluding hydrogens is 218 g/mol. The van der Waals surface area contributed by atoms with Crippen LogP contribution in [0.25, 0.3) is 11.2 Å². The molecule has 0 aliphatic heterocycles. The van der Waals surface area contributed by atoms with Gasteiger partial charge in [0.05, 0.1) is 11.9 Å². The molecule has 2 aromatic rings. The summed E-state index contributed by atoms with van der Waals surface area (Å²) in [4.78, 5) is 15.5. The van der Waals surface area contributed by atoms with Crippen LogP contribution in [0, 0.1) is 0 Å². The van der Waals surface area contributed by atoms with E-state index in [2.05, 4.69) is 11.6 Å². The topological polar surface area (TPSA) is 58.5 Å². The SMILES string of the molecule is C=C(C)c1ccn2c(n1)c(C(=O)O)c[n+]2CC. The molecule has 2 heterocycles. The van der Waals surface area contributed by atoms with Gasteiger partial charge in [-0.1, -0.05) is 6.58 Å². The highest BCUT2D eigenvalue weighted by Crippen LogP contribution is 2.12. The van der Waals surface area contributed by atoms with Gasteiger partial charge in [-0.15, -0.1) is 9.20 Å². The molecule has 2 rings (SSSR count). The number of rotatable bonds is 3. The zero-order valence-corrected chi connectivity index (χ0v) is 9.84. The number of nitrogens with zero attached hydrogens (tertiary/aromatic N) is 3. The Morgan fingerprint density at radius 1 is 1.65 bits per heavy atom. The number of aromatic nitrogens is 3. The molecule has 2 aromatic heterocycles. The minimum atomic E-state index is -0.971. The van der Waals surface area contributed by atoms with Gasteiger partial charge in [-0.05, 0) is 25.5 Å². The Hall–Kier alpha value is -2.17. The van der Waals surface area contributed by atoms with Crippen molar-refractivity contribution in [3.05, 3.63) is 36.3 Å². The first-order chi connectivity index (χ1) is 8.04. The minimum absolute atomic E-state index is 0.204. The van der Waals surface area contributed by atoms with E-state index in [0.717, 1.165) is 5.57 Å². The minimum Gasteiger partial charge on any atom is -0.477 e. The third kappa shape index (κ3) is 1.80. The number of carboxylic acid groups (broad SMARTS) is 1. The molecule has 0 unspecified atom stereocenters. The van der Waals surface area contributed by atoms with Gasteiger partial charge >= 0.3 is 5.97 Å². The van der Waals surface area contributed by atoms with E-state index < -0.39 is 5.97 Å². The van der Waals surface area contributed by atoms with Crippen molar-refractivity contribution in [2.24, 2.45) is 0 Å². The van der Waals surface area contributed by atoms with Gasteiger partial charge in [-0.3, -0.25) is 0 Å². The Labute approximate surface area is 98.6 Å². The summed E-state index contributed by atoms with van der Waals surface area (Å²) in [6.45, 7) is 8.28. The lowest BCUT2D eigenvalue weighted by molar-refractivity contribution is -0.757. The summed E-state index contributed by atoms with van der Waals surface area (Å²) in [5, 5.41) is 9.13. The second-order valence-electron chi connectivity index (χ2n) is 3.86. The van der Waals surface area contributed by atoms with Crippen LogP contribution in [0.1, 0.15) is 29.9 Å². The number of fused-ring (bicyclic) bond motifs is 1. The van der Waals surface area contributed by atoms with E-state index in [1.807, 2.05) is 26.1 Å². The van der Waals surface area contributed by atoms with Crippen molar-refractivity contribution in [1.29, 1.82) is 0 Å². The van der Waals surface area contributed by atoms with Crippen molar-refractivity contribution < 1.29 is 14.6 Å². The molecule has 5 nitrogen and oxygen atoms in total. The summed E-state index contributed by atoms with van der Waals surface area (Å²) in [6, 6.07) is 1.83. The van der Waals surface area contributed by atoms with Crippen LogP contribution in [0.4, 0.5) is 0 Å². The first-order valence-electron chi connectivity index (χ1n) is 5.35. The van der Waals surface area contributed by atoms with E-state index in [1.54, 1.807) is 15.4 Å². The average molecular weight is 232 g/mol. The van der Waals surface area contributed by atoms with Crippen LogP contribution in [0.15, 0.2) is 25.0 Å². The fourth-order valence-electron chi connectivity index (χ4n) is 1.71. The molecule has 5 heteroatoms. The van der Waals surface area contributed by atoms with E-state index in [1.165, 1.54) is 0 Å². The first kappa shape index (κ1) is 11.3. The lowest BCUT2D eigenvalue weighted by Gasteiger charge is -1.99. The zero-order chi connectivity index (χ0) is 12.6. The van der Waals surface area contributed by atoms with E-state index in [-0.39, 0.29) is 5.56 Å². The standard InChI is InChI=1S/C12H13N3O2/c1-4-14-7-9(12(16)17)11-13-10(8(2)3)5-6-15(11)14/h5-7H,2,4H2,1,3H3/p+1. The van der Waals surface area contributed by atoms with Crippen LogP contribution in [-0.2, 0) is 6.54 Å². The van der Waals surface area contributed by atoms with Crippen LogP contribution >= 0.6 is 0 Å². The normalized spacial score (nSPS) is 10.7. The van der Waals surface area contributed by atoms with Gasteiger partial charge in [-0.25, -0.2) is 9.78 Å². The number of hydrogen-bond donors (Lipinski definition) is 1. The molecule has 0 saturated heterocycles. The quantitative estimate of drug-likeness (QED) is 0.813. The van der Waals surface area contributed by atoms with Crippen molar-refractivity contribution in [2.75, 3.05) is 0 Å². The third-order valence-corrected chi connectivity index (χ3v) is 2.60. The van der Waals surface area contributed by atoms with E-state index in [4.69, 9.17) is 5.11 Å². The molecule has 0 spiro atoms. The molecule has 0 aliphatic carbocycles. The van der Waals surface area contributed by atoms with Crippen LogP contribution in [0.5, 0.6) is 0 Å². The Morgan fingerprint density at radius 2 is 2.35 bits per heavy atom. The van der Waals surface area contributed by atoms with Gasteiger partial charge in [-0.2, -0.15) is 0 Å². The maximum atomic E-state index is 11.1. The van der Waals surface area contributed by atoms with Gasteiger partial charge in [0.25, 0.3) is 0 Å². The molecule has 1 N–H and O–H groups in total. The lowest BCUT2D eigenvalue weighted by atomic mass is 10.2. The number of aromatic carboxylic acids is 1. The predicted molar refractivity (Wildman–Crippen MR) is 62.7 cm³/mol. The molecule has 0 radical (unpaired) electrons. The van der Waals surface area contributed by atoms with Gasteiger partial charge in [0.15, 0.2) is 12.1 Å². The predicted octanol–water partition coefficient (Wildman–Crippen LogP) is 1.37. The Balaban J connectivity index is 2.78. The van der Waals surface area contributed by atoms with Gasteiger partial charge in [0.2, 0.25) is 11.8 Å². The second-order valence-corrected chi connectivity index (χ2v) is 3.86. The first-order valence-corrected chi connectivity index (χ1v) is 5.35. The number of hydrogen-bond acceptors (Lipinski definition) is 2. The number of carboxylic acids is 1. The fourth-order valence-corrected chi connectivity index (χ4v) is 1.71. The highest BCUT2D eigenvalue weighted by Gasteiger charge is 2.21. The van der Waals surface area contributed by atoms with E-state index in [9.17, 15) is 4.79 Å². The van der Waals surface area contributed by atoms with Gasteiger partial charge in [0.1, 0.15) is 0 Å². The molecule has 17 heavy (non-hydrogen) atoms. The summed E-state index contributed by atoms with van der Waals surface area (Å²) < 4.78 is 3.53. The molecular formula is C12H14N3O2+. The van der Waals surface area contributed by atoms with Crippen LogP contribution in [-0.4, -0.2) is 20.6 Å². The van der Waals surface area contributed by atoms with Crippen molar-refractivity contribution in [3.63, 3.8) is 0 Å². The van der Waals surface area contributed by atoms with Crippen molar-refractivity contribution in [1.82, 2.24) is 9.50 Å². The van der Waals surface area contributed by atoms with E-state index >= 15 is 0 Å². The third-order valence-electron chi connectivity index (χ3n) is 2.60. The molecule has 0 bridgehead atoms. The zero-order valence-electron chi connectivity index (χ0n) is 9.84. The largest absolute Gasteiger partial charge is 0.477 e. The van der Waals surface area contributed by atoms with Crippen LogP contribution < -0.4 is 4.68 Å². The summed E-state index contributed by atoms with van der Waals surface area (Å²) in [5.74, 6) is -0.971. The van der Waals surface area contributed by atoms with Crippen LogP contribution in [0.2, 0.25) is 0 Å². The smallest absolute Gasteiger partial charge is 0.345 e. The summed E-state index contributed by atoms with van der Waals surface area (Å²) in [5.41, 5.74) is 2.17. The number of aryl methyl sites for hydroxylation is 1. The molecule has 0 saturated carbocycles. The highest BCUT2D eigenvalue weighted by molar-refractivity contribution is 5.93. The maximum Gasteiger partial charge on any atom is 0.345 e. The number of carbonyl (C=O) groups is 1. The Morgan fingerprint density at radius 3 is 2.88 bits per heavy atom. The van der Waals surface area contributed by atoms with Crippen molar-refractivity contribution in [2.45, 2.75) is 20.4 Å². The lowest BCUT2D eigenvalue weighted by Crippen LogP contribution is -2.37. The molecule has 0 aliphatic rings. The van der Waals surface area contributed by atoms with Gasteiger partial charge in [0, 0.05) is 0 Å². The molecule has 0 aromatic carbocycles. The second kappa shape index (κ2) is 4.01.